The molecule has 2 bridgehead atoms. The SMILES string of the molecule is O=C(O)CN1C[C@@H]2[C@H](CNC(=O)CN3CCCCCC3)[C@H]3CC[C@]2(C1)O3. The van der Waals surface area contributed by atoms with Gasteiger partial charge in [-0.2, -0.15) is 0 Å². The molecule has 2 N–H and O–H groups in total. The van der Waals surface area contributed by atoms with Crippen molar-refractivity contribution in [3.05, 3.63) is 0 Å². The van der Waals surface area contributed by atoms with Crippen molar-refractivity contribution < 1.29 is 19.4 Å². The summed E-state index contributed by atoms with van der Waals surface area (Å²) in [4.78, 5) is 27.7. The number of carbonyl (C=O) groups is 2. The maximum absolute atomic E-state index is 12.4. The molecule has 7 heteroatoms. The van der Waals surface area contributed by atoms with Crippen LogP contribution in [0.4, 0.5) is 0 Å². The second kappa shape index (κ2) is 7.44. The second-order valence-corrected chi connectivity index (χ2v) is 8.59. The van der Waals surface area contributed by atoms with E-state index in [4.69, 9.17) is 9.84 Å². The zero-order valence-corrected chi connectivity index (χ0v) is 15.5. The quantitative estimate of drug-likeness (QED) is 0.715. The highest BCUT2D eigenvalue weighted by atomic mass is 16.5. The minimum absolute atomic E-state index is 0.0836. The van der Waals surface area contributed by atoms with Crippen LogP contribution in [0.25, 0.3) is 0 Å². The number of amides is 1. The highest BCUT2D eigenvalue weighted by Crippen LogP contribution is 2.54. The van der Waals surface area contributed by atoms with Crippen molar-refractivity contribution in [2.24, 2.45) is 11.8 Å². The molecule has 4 saturated heterocycles. The molecule has 0 aromatic heterocycles. The Bertz CT molecular complexity index is 549. The largest absolute Gasteiger partial charge is 0.480 e. The van der Waals surface area contributed by atoms with Crippen LogP contribution in [0, 0.1) is 11.8 Å². The van der Waals surface area contributed by atoms with Gasteiger partial charge in [0.15, 0.2) is 0 Å². The zero-order chi connectivity index (χ0) is 18.1. The molecule has 0 aliphatic carbocycles. The number of rotatable bonds is 6. The second-order valence-electron chi connectivity index (χ2n) is 8.59. The fourth-order valence-corrected chi connectivity index (χ4v) is 5.66. The summed E-state index contributed by atoms with van der Waals surface area (Å²) >= 11 is 0. The van der Waals surface area contributed by atoms with E-state index in [1.54, 1.807) is 0 Å². The Hall–Kier alpha value is -1.18. The molecule has 4 heterocycles. The van der Waals surface area contributed by atoms with E-state index < -0.39 is 5.97 Å². The molecule has 7 nitrogen and oxygen atoms in total. The van der Waals surface area contributed by atoms with Crippen molar-refractivity contribution in [1.29, 1.82) is 0 Å². The predicted molar refractivity (Wildman–Crippen MR) is 95.8 cm³/mol. The van der Waals surface area contributed by atoms with Crippen LogP contribution in [0.15, 0.2) is 0 Å². The highest BCUT2D eigenvalue weighted by Gasteiger charge is 2.62. The van der Waals surface area contributed by atoms with E-state index in [-0.39, 0.29) is 24.2 Å². The standard InChI is InChI=1S/C19H31N3O4/c23-17(11-21-7-3-1-2-4-8-21)20-9-14-15-10-22(12-18(24)25)13-19(15)6-5-16(14)26-19/h14-16H,1-13H2,(H,20,23)(H,24,25)/t14-,15+,16+,19+/m0/s1. The van der Waals surface area contributed by atoms with E-state index in [0.717, 1.165) is 39.0 Å². The Morgan fingerprint density at radius 3 is 2.62 bits per heavy atom. The first kappa shape index (κ1) is 18.2. The van der Waals surface area contributed by atoms with E-state index >= 15 is 0 Å². The first-order chi connectivity index (χ1) is 12.6. The normalized spacial score (nSPS) is 37.5. The molecule has 4 aliphatic heterocycles. The summed E-state index contributed by atoms with van der Waals surface area (Å²) in [6.07, 6.45) is 7.21. The molecule has 1 amide bonds. The molecule has 4 aliphatic rings. The first-order valence-corrected chi connectivity index (χ1v) is 10.2. The molecule has 4 atom stereocenters. The summed E-state index contributed by atoms with van der Waals surface area (Å²) < 4.78 is 6.31. The van der Waals surface area contributed by atoms with Crippen molar-refractivity contribution in [2.45, 2.75) is 50.2 Å². The predicted octanol–water partition coefficient (Wildman–Crippen LogP) is 0.543. The van der Waals surface area contributed by atoms with Gasteiger partial charge in [0, 0.05) is 31.5 Å². The average Bonchev–Trinajstić information content (AvgIpc) is 3.15. The lowest BCUT2D eigenvalue weighted by molar-refractivity contribution is -0.138. The summed E-state index contributed by atoms with van der Waals surface area (Å²) in [5.74, 6) is -0.00273. The molecule has 146 valence electrons. The van der Waals surface area contributed by atoms with E-state index in [2.05, 4.69) is 10.2 Å². The summed E-state index contributed by atoms with van der Waals surface area (Å²) in [7, 11) is 0. The number of nitrogens with zero attached hydrogens (tertiary/aromatic N) is 2. The Morgan fingerprint density at radius 1 is 1.12 bits per heavy atom. The van der Waals surface area contributed by atoms with Crippen LogP contribution >= 0.6 is 0 Å². The van der Waals surface area contributed by atoms with Crippen molar-refractivity contribution in [3.8, 4) is 0 Å². The Labute approximate surface area is 155 Å². The van der Waals surface area contributed by atoms with Gasteiger partial charge >= 0.3 is 5.97 Å². The molecular weight excluding hydrogens is 334 g/mol. The Morgan fingerprint density at radius 2 is 1.88 bits per heavy atom. The Balaban J connectivity index is 1.29. The number of hydrogen-bond acceptors (Lipinski definition) is 5. The molecule has 26 heavy (non-hydrogen) atoms. The molecule has 0 radical (unpaired) electrons. The third kappa shape index (κ3) is 3.62. The van der Waals surface area contributed by atoms with Gasteiger partial charge in [0.1, 0.15) is 0 Å². The molecule has 0 saturated carbocycles. The lowest BCUT2D eigenvalue weighted by Gasteiger charge is -2.30. The number of fused-ring (bicyclic) bond motifs is 1. The molecule has 1 spiro atoms. The number of ether oxygens (including phenoxy) is 1. The van der Waals surface area contributed by atoms with E-state index in [1.165, 1.54) is 25.7 Å². The summed E-state index contributed by atoms with van der Waals surface area (Å²) in [6, 6.07) is 0. The summed E-state index contributed by atoms with van der Waals surface area (Å²) in [5, 5.41) is 12.2. The summed E-state index contributed by atoms with van der Waals surface area (Å²) in [5.41, 5.74) is -0.166. The maximum atomic E-state index is 12.4. The van der Waals surface area contributed by atoms with Crippen LogP contribution in [0.3, 0.4) is 0 Å². The van der Waals surface area contributed by atoms with Gasteiger partial charge in [-0.25, -0.2) is 0 Å². The topological polar surface area (TPSA) is 82.1 Å². The molecule has 0 aromatic carbocycles. The number of carbonyl (C=O) groups excluding carboxylic acids is 1. The number of likely N-dealkylation sites (tertiary alicyclic amines) is 2. The number of carboxylic acids is 1. The van der Waals surface area contributed by atoms with Crippen LogP contribution in [-0.2, 0) is 14.3 Å². The molecular formula is C19H31N3O4. The third-order valence-corrected chi connectivity index (χ3v) is 6.81. The van der Waals surface area contributed by atoms with Crippen molar-refractivity contribution >= 4 is 11.9 Å². The van der Waals surface area contributed by atoms with Crippen LogP contribution < -0.4 is 5.32 Å². The number of aliphatic carboxylic acids is 1. The lowest BCUT2D eigenvalue weighted by atomic mass is 9.73. The molecule has 0 unspecified atom stereocenters. The average molecular weight is 365 g/mol. The number of hydrogen-bond donors (Lipinski definition) is 2. The monoisotopic (exact) mass is 365 g/mol. The van der Waals surface area contributed by atoms with Crippen molar-refractivity contribution in [1.82, 2.24) is 15.1 Å². The first-order valence-electron chi connectivity index (χ1n) is 10.2. The van der Waals surface area contributed by atoms with Gasteiger partial charge in [0.25, 0.3) is 0 Å². The smallest absolute Gasteiger partial charge is 0.317 e. The van der Waals surface area contributed by atoms with Gasteiger partial charge < -0.3 is 15.2 Å². The van der Waals surface area contributed by atoms with Gasteiger partial charge in [-0.15, -0.1) is 0 Å². The zero-order valence-electron chi connectivity index (χ0n) is 15.5. The van der Waals surface area contributed by atoms with Gasteiger partial charge in [0.05, 0.1) is 24.8 Å². The third-order valence-electron chi connectivity index (χ3n) is 6.81. The van der Waals surface area contributed by atoms with E-state index in [0.29, 0.717) is 24.9 Å². The number of nitrogens with one attached hydrogen (secondary N) is 1. The minimum atomic E-state index is -0.779. The molecule has 4 fully saturated rings. The van der Waals surface area contributed by atoms with Crippen LogP contribution in [0.1, 0.15) is 38.5 Å². The van der Waals surface area contributed by atoms with E-state index in [1.807, 2.05) is 4.90 Å². The van der Waals surface area contributed by atoms with Crippen molar-refractivity contribution in [3.63, 3.8) is 0 Å². The van der Waals surface area contributed by atoms with Gasteiger partial charge in [0.2, 0.25) is 5.91 Å². The molecule has 0 aromatic rings. The fourth-order valence-electron chi connectivity index (χ4n) is 5.66. The molecule has 4 rings (SSSR count). The van der Waals surface area contributed by atoms with E-state index in [9.17, 15) is 9.59 Å². The van der Waals surface area contributed by atoms with Gasteiger partial charge in [-0.05, 0) is 38.8 Å². The lowest BCUT2D eigenvalue weighted by Crippen LogP contribution is -2.44. The maximum Gasteiger partial charge on any atom is 0.317 e. The van der Waals surface area contributed by atoms with Crippen LogP contribution in [0.2, 0.25) is 0 Å². The van der Waals surface area contributed by atoms with Crippen LogP contribution in [-0.4, -0.2) is 84.3 Å². The highest BCUT2D eigenvalue weighted by molar-refractivity contribution is 5.78. The van der Waals surface area contributed by atoms with Crippen LogP contribution in [0.5, 0.6) is 0 Å². The summed E-state index contributed by atoms with van der Waals surface area (Å²) in [6.45, 7) is 4.79. The van der Waals surface area contributed by atoms with Gasteiger partial charge in [-0.3, -0.25) is 19.4 Å². The van der Waals surface area contributed by atoms with Gasteiger partial charge in [-0.1, -0.05) is 12.8 Å². The van der Waals surface area contributed by atoms with Crippen molar-refractivity contribution in [2.75, 3.05) is 45.8 Å². The minimum Gasteiger partial charge on any atom is -0.480 e. The Kier molecular flexibility index (Phi) is 5.21. The fraction of sp³-hybridized carbons (Fsp3) is 0.895. The number of carboxylic acid groups (broad SMARTS) is 1.